The van der Waals surface area contributed by atoms with E-state index < -0.39 is 6.09 Å². The lowest BCUT2D eigenvalue weighted by molar-refractivity contribution is 0.191. The summed E-state index contributed by atoms with van der Waals surface area (Å²) < 4.78 is 0. The molecule has 1 aliphatic carbocycles. The molecule has 0 aromatic carbocycles. The van der Waals surface area contributed by atoms with Gasteiger partial charge in [0.15, 0.2) is 5.82 Å². The second-order valence-electron chi connectivity index (χ2n) is 7.70. The molecule has 2 aliphatic rings. The van der Waals surface area contributed by atoms with Crippen LogP contribution in [0.1, 0.15) is 50.1 Å². The minimum Gasteiger partial charge on any atom is -0.465 e. The van der Waals surface area contributed by atoms with E-state index in [0.29, 0.717) is 24.2 Å². The van der Waals surface area contributed by atoms with Gasteiger partial charge in [-0.05, 0) is 37.7 Å². The zero-order valence-corrected chi connectivity index (χ0v) is 15.9. The third-order valence-corrected chi connectivity index (χ3v) is 5.64. The molecule has 0 unspecified atom stereocenters. The van der Waals surface area contributed by atoms with Gasteiger partial charge >= 0.3 is 6.09 Å². The molecule has 9 heteroatoms. The van der Waals surface area contributed by atoms with Crippen molar-refractivity contribution in [1.82, 2.24) is 25.5 Å². The van der Waals surface area contributed by atoms with Crippen molar-refractivity contribution in [2.24, 2.45) is 5.92 Å². The average molecular weight is 385 g/mol. The van der Waals surface area contributed by atoms with Gasteiger partial charge in [-0.1, -0.05) is 12.8 Å². The normalized spacial score (nSPS) is 20.3. The van der Waals surface area contributed by atoms with Crippen LogP contribution in [0, 0.1) is 5.92 Å². The lowest BCUT2D eigenvalue weighted by Crippen LogP contribution is -2.41. The van der Waals surface area contributed by atoms with Crippen molar-refractivity contribution in [1.29, 1.82) is 0 Å². The van der Waals surface area contributed by atoms with Crippen LogP contribution >= 0.6 is 0 Å². The third kappa shape index (κ3) is 4.52. The number of hydrogen-bond acceptors (Lipinski definition) is 6. The molecule has 1 aliphatic heterocycles. The number of H-pyrrole nitrogens is 1. The quantitative estimate of drug-likeness (QED) is 0.603. The van der Waals surface area contributed by atoms with Crippen LogP contribution in [0.3, 0.4) is 0 Å². The fraction of sp³-hybridized carbons (Fsp3) is 0.579. The van der Waals surface area contributed by atoms with Crippen LogP contribution in [0.15, 0.2) is 18.3 Å². The molecule has 0 spiro atoms. The highest BCUT2D eigenvalue weighted by Crippen LogP contribution is 2.34. The van der Waals surface area contributed by atoms with Crippen molar-refractivity contribution in [3.63, 3.8) is 0 Å². The van der Waals surface area contributed by atoms with E-state index in [1.807, 2.05) is 6.07 Å². The highest BCUT2D eigenvalue weighted by molar-refractivity contribution is 5.64. The minimum absolute atomic E-state index is 0.269. The maximum absolute atomic E-state index is 10.7. The summed E-state index contributed by atoms with van der Waals surface area (Å²) in [6.45, 7) is 2.08. The van der Waals surface area contributed by atoms with Crippen molar-refractivity contribution in [2.75, 3.05) is 29.9 Å². The molecule has 4 N–H and O–H groups in total. The van der Waals surface area contributed by atoms with Gasteiger partial charge in [0, 0.05) is 43.5 Å². The summed E-state index contributed by atoms with van der Waals surface area (Å²) in [4.78, 5) is 21.9. The molecule has 1 atom stereocenters. The van der Waals surface area contributed by atoms with Crippen molar-refractivity contribution >= 4 is 23.7 Å². The van der Waals surface area contributed by atoms with Gasteiger partial charge in [-0.15, -0.1) is 0 Å². The summed E-state index contributed by atoms with van der Waals surface area (Å²) in [5, 5.41) is 22.1. The predicted octanol–water partition coefficient (Wildman–Crippen LogP) is 3.08. The number of hydrogen-bond donors (Lipinski definition) is 4. The van der Waals surface area contributed by atoms with Gasteiger partial charge in [0.1, 0.15) is 5.82 Å². The van der Waals surface area contributed by atoms with Crippen LogP contribution in [-0.4, -0.2) is 51.0 Å². The molecule has 9 nitrogen and oxygen atoms in total. The Labute approximate surface area is 164 Å². The van der Waals surface area contributed by atoms with E-state index in [2.05, 4.69) is 41.8 Å². The predicted molar refractivity (Wildman–Crippen MR) is 106 cm³/mol. The summed E-state index contributed by atoms with van der Waals surface area (Å²) in [5.74, 6) is 3.00. The number of nitrogens with zero attached hydrogens (tertiary/aromatic N) is 4. The lowest BCUT2D eigenvalue weighted by Gasteiger charge is -2.32. The fourth-order valence-electron chi connectivity index (χ4n) is 4.19. The number of nitrogens with one attached hydrogen (secondary N) is 3. The highest BCUT2D eigenvalue weighted by atomic mass is 16.4. The SMILES string of the molecule is O=C(O)NC[C@@H]1CCCN(c2nccc(Nc3cc(C4CCCC4)[nH]n3)n2)C1. The first-order chi connectivity index (χ1) is 13.7. The van der Waals surface area contributed by atoms with Gasteiger partial charge in [-0.2, -0.15) is 10.1 Å². The number of carbonyl (C=O) groups is 1. The second kappa shape index (κ2) is 8.45. The van der Waals surface area contributed by atoms with Gasteiger partial charge in [0.05, 0.1) is 0 Å². The number of aromatic nitrogens is 4. The molecular formula is C19H27N7O2. The van der Waals surface area contributed by atoms with E-state index in [0.717, 1.165) is 31.7 Å². The van der Waals surface area contributed by atoms with Gasteiger partial charge in [-0.3, -0.25) is 5.10 Å². The molecule has 28 heavy (non-hydrogen) atoms. The Hall–Kier alpha value is -2.84. The zero-order chi connectivity index (χ0) is 19.3. The summed E-state index contributed by atoms with van der Waals surface area (Å²) in [5.41, 5.74) is 1.19. The average Bonchev–Trinajstić information content (AvgIpc) is 3.39. The summed E-state index contributed by atoms with van der Waals surface area (Å²) >= 11 is 0. The molecule has 1 amide bonds. The van der Waals surface area contributed by atoms with E-state index in [4.69, 9.17) is 5.11 Å². The molecule has 4 rings (SSSR count). The van der Waals surface area contributed by atoms with E-state index in [9.17, 15) is 4.79 Å². The Kier molecular flexibility index (Phi) is 5.59. The smallest absolute Gasteiger partial charge is 0.404 e. The maximum atomic E-state index is 10.7. The maximum Gasteiger partial charge on any atom is 0.404 e. The standard InChI is InChI=1S/C19H27N7O2/c27-19(28)21-11-13-4-3-9-26(12-13)18-20-8-7-16(23-18)22-17-10-15(24-25-17)14-5-1-2-6-14/h7-8,10,13-14,21H,1-6,9,11-12H2,(H,27,28)(H2,20,22,23,24,25)/t13-/m0/s1. The Morgan fingerprint density at radius 1 is 1.25 bits per heavy atom. The van der Waals surface area contributed by atoms with E-state index >= 15 is 0 Å². The third-order valence-electron chi connectivity index (χ3n) is 5.64. The molecular weight excluding hydrogens is 358 g/mol. The van der Waals surface area contributed by atoms with Crippen molar-refractivity contribution < 1.29 is 9.90 Å². The van der Waals surface area contributed by atoms with Crippen molar-refractivity contribution in [3.05, 3.63) is 24.0 Å². The van der Waals surface area contributed by atoms with E-state index in [1.54, 1.807) is 6.20 Å². The molecule has 2 aromatic heterocycles. The Morgan fingerprint density at radius 2 is 2.11 bits per heavy atom. The van der Waals surface area contributed by atoms with E-state index in [1.165, 1.54) is 31.4 Å². The zero-order valence-electron chi connectivity index (χ0n) is 15.9. The second-order valence-corrected chi connectivity index (χ2v) is 7.70. The van der Waals surface area contributed by atoms with Crippen LogP contribution in [0.5, 0.6) is 0 Å². The Bertz CT molecular complexity index is 803. The Balaban J connectivity index is 1.39. The summed E-state index contributed by atoms with van der Waals surface area (Å²) in [6, 6.07) is 3.91. The number of rotatable bonds is 6. The van der Waals surface area contributed by atoms with Crippen LogP contribution in [0.25, 0.3) is 0 Å². The van der Waals surface area contributed by atoms with Crippen molar-refractivity contribution in [3.8, 4) is 0 Å². The molecule has 2 fully saturated rings. The Morgan fingerprint density at radius 3 is 2.93 bits per heavy atom. The molecule has 2 aromatic rings. The van der Waals surface area contributed by atoms with Gasteiger partial charge in [0.2, 0.25) is 5.95 Å². The number of amides is 1. The minimum atomic E-state index is -0.976. The molecule has 1 saturated carbocycles. The molecule has 0 radical (unpaired) electrons. The summed E-state index contributed by atoms with van der Waals surface area (Å²) in [7, 11) is 0. The molecule has 3 heterocycles. The van der Waals surface area contributed by atoms with E-state index in [-0.39, 0.29) is 5.92 Å². The molecule has 0 bridgehead atoms. The molecule has 150 valence electrons. The first-order valence-electron chi connectivity index (χ1n) is 10.0. The van der Waals surface area contributed by atoms with Crippen LogP contribution in [0.2, 0.25) is 0 Å². The topological polar surface area (TPSA) is 119 Å². The van der Waals surface area contributed by atoms with Crippen LogP contribution < -0.4 is 15.5 Å². The number of carboxylic acid groups (broad SMARTS) is 1. The number of anilines is 3. The molecule has 1 saturated heterocycles. The largest absolute Gasteiger partial charge is 0.465 e. The fourth-order valence-corrected chi connectivity index (χ4v) is 4.19. The van der Waals surface area contributed by atoms with Gasteiger partial charge in [-0.25, -0.2) is 9.78 Å². The first kappa shape index (κ1) is 18.5. The monoisotopic (exact) mass is 385 g/mol. The number of piperidine rings is 1. The van der Waals surface area contributed by atoms with Gasteiger partial charge < -0.3 is 20.6 Å². The number of aromatic amines is 1. The van der Waals surface area contributed by atoms with Crippen LogP contribution in [-0.2, 0) is 0 Å². The van der Waals surface area contributed by atoms with Gasteiger partial charge in [0.25, 0.3) is 0 Å². The highest BCUT2D eigenvalue weighted by Gasteiger charge is 2.23. The van der Waals surface area contributed by atoms with Crippen molar-refractivity contribution in [2.45, 2.75) is 44.4 Å². The van der Waals surface area contributed by atoms with Crippen LogP contribution in [0.4, 0.5) is 22.4 Å². The summed E-state index contributed by atoms with van der Waals surface area (Å²) in [6.07, 6.45) is 7.81. The first-order valence-corrected chi connectivity index (χ1v) is 10.0. The lowest BCUT2D eigenvalue weighted by atomic mass is 9.98.